The van der Waals surface area contributed by atoms with Gasteiger partial charge in [0, 0.05) is 38.7 Å². The molecule has 0 aromatic carbocycles. The van der Waals surface area contributed by atoms with E-state index in [2.05, 4.69) is 12.2 Å². The Morgan fingerprint density at radius 3 is 2.58 bits per heavy atom. The minimum atomic E-state index is -1.08. The van der Waals surface area contributed by atoms with E-state index in [4.69, 9.17) is 0 Å². The zero-order valence-corrected chi connectivity index (χ0v) is 18.7. The van der Waals surface area contributed by atoms with Crippen LogP contribution in [0, 0.1) is 0 Å². The maximum absolute atomic E-state index is 10.6. The molecular weight excluding hydrogens is 335 g/mol. The summed E-state index contributed by atoms with van der Waals surface area (Å²) in [5.41, 5.74) is 0. The van der Waals surface area contributed by atoms with Crippen LogP contribution in [-0.4, -0.2) is 66.0 Å². The molecule has 136 valence electrons. The van der Waals surface area contributed by atoms with E-state index in [-0.39, 0.29) is 63.9 Å². The van der Waals surface area contributed by atoms with Crippen LogP contribution in [-0.2, 0) is 4.79 Å². The van der Waals surface area contributed by atoms with Crippen molar-refractivity contribution in [3.63, 3.8) is 0 Å². The fourth-order valence-electron chi connectivity index (χ4n) is 2.26. The van der Waals surface area contributed by atoms with Crippen molar-refractivity contribution < 1.29 is 71.5 Å². The molecule has 0 aliphatic heterocycles. The number of rotatable bonds is 15. The summed E-state index contributed by atoms with van der Waals surface area (Å²) in [5.74, 6) is -1.08. The Morgan fingerprint density at radius 2 is 2.00 bits per heavy atom. The van der Waals surface area contributed by atoms with Crippen LogP contribution in [0.1, 0.15) is 46.0 Å². The average Bonchev–Trinajstić information content (AvgIpc) is 2.52. The maximum Gasteiger partial charge on any atom is 1.00 e. The van der Waals surface area contributed by atoms with Crippen molar-refractivity contribution in [1.82, 2.24) is 10.2 Å². The predicted octanol–water partition coefficient (Wildman–Crippen LogP) is -3.10. The molecule has 3 N–H and O–H groups in total. The van der Waals surface area contributed by atoms with Gasteiger partial charge in [-0.1, -0.05) is 31.9 Å². The second kappa shape index (κ2) is 18.5. The summed E-state index contributed by atoms with van der Waals surface area (Å²) < 4.78 is 0. The molecular formula is C17H33KN2O4. The van der Waals surface area contributed by atoms with Gasteiger partial charge in [0.05, 0.1) is 12.2 Å². The maximum atomic E-state index is 10.6. The Balaban J connectivity index is 0. The van der Waals surface area contributed by atoms with E-state index >= 15 is 0 Å². The fourth-order valence-corrected chi connectivity index (χ4v) is 2.26. The predicted molar refractivity (Wildman–Crippen MR) is 89.9 cm³/mol. The number of allylic oxidation sites excluding steroid dienone is 1. The van der Waals surface area contributed by atoms with Gasteiger partial charge in [-0.25, -0.2) is 0 Å². The van der Waals surface area contributed by atoms with E-state index in [9.17, 15) is 20.1 Å². The van der Waals surface area contributed by atoms with E-state index in [0.29, 0.717) is 39.1 Å². The first-order valence-corrected chi connectivity index (χ1v) is 8.59. The van der Waals surface area contributed by atoms with Crippen molar-refractivity contribution in [3.8, 4) is 0 Å². The quantitative estimate of drug-likeness (QED) is 0.161. The molecule has 0 saturated heterocycles. The summed E-state index contributed by atoms with van der Waals surface area (Å²) in [4.78, 5) is 12.5. The van der Waals surface area contributed by atoms with Crippen molar-refractivity contribution in [3.05, 3.63) is 12.2 Å². The number of aliphatic hydroxyl groups is 2. The van der Waals surface area contributed by atoms with Crippen molar-refractivity contribution >= 4 is 5.97 Å². The number of hydrogen-bond acceptors (Lipinski definition) is 6. The minimum absolute atomic E-state index is 0. The topological polar surface area (TPSA) is 95.9 Å². The molecule has 2 unspecified atom stereocenters. The molecule has 0 aliphatic rings. The molecule has 0 amide bonds. The second-order valence-corrected chi connectivity index (χ2v) is 5.88. The monoisotopic (exact) mass is 368 g/mol. The number of carbonyl (C=O) groups excluding carboxylic acids is 1. The van der Waals surface area contributed by atoms with Crippen LogP contribution >= 0.6 is 0 Å². The summed E-state index contributed by atoms with van der Waals surface area (Å²) in [5, 5.41) is 33.5. The van der Waals surface area contributed by atoms with Gasteiger partial charge < -0.3 is 25.4 Å². The van der Waals surface area contributed by atoms with Crippen LogP contribution in [0.5, 0.6) is 0 Å². The summed E-state index contributed by atoms with van der Waals surface area (Å²) in [6, 6.07) is 0. The zero-order chi connectivity index (χ0) is 17.5. The SMILES string of the molecule is C/C=C/CC(O)CN(CCNCC(O)CCCC)CCC(=O)[O-].[K+]. The van der Waals surface area contributed by atoms with Crippen molar-refractivity contribution in [1.29, 1.82) is 0 Å². The Morgan fingerprint density at radius 1 is 1.29 bits per heavy atom. The van der Waals surface area contributed by atoms with Gasteiger partial charge in [-0.15, -0.1) is 0 Å². The number of aliphatic hydroxyl groups excluding tert-OH is 2. The number of carboxylic acid groups (broad SMARTS) is 1. The van der Waals surface area contributed by atoms with Crippen molar-refractivity contribution in [2.24, 2.45) is 0 Å². The normalized spacial score (nSPS) is 13.9. The summed E-state index contributed by atoms with van der Waals surface area (Å²) in [6.45, 7) is 6.58. The van der Waals surface area contributed by atoms with Gasteiger partial charge in [-0.2, -0.15) is 0 Å². The van der Waals surface area contributed by atoms with E-state index in [1.807, 2.05) is 24.0 Å². The first kappa shape index (κ1) is 26.9. The number of hydrogen-bond donors (Lipinski definition) is 3. The molecule has 0 rings (SSSR count). The molecule has 0 bridgehead atoms. The van der Waals surface area contributed by atoms with E-state index < -0.39 is 12.1 Å². The van der Waals surface area contributed by atoms with Crippen LogP contribution < -0.4 is 61.8 Å². The van der Waals surface area contributed by atoms with Crippen LogP contribution in [0.25, 0.3) is 0 Å². The Bertz CT molecular complexity index is 330. The first-order valence-electron chi connectivity index (χ1n) is 8.59. The molecule has 2 atom stereocenters. The number of nitrogens with one attached hydrogen (secondary N) is 1. The van der Waals surface area contributed by atoms with Crippen molar-refractivity contribution in [2.75, 3.05) is 32.7 Å². The number of carboxylic acids is 1. The Labute approximate surface area is 189 Å². The third-order valence-electron chi connectivity index (χ3n) is 3.62. The average molecular weight is 369 g/mol. The van der Waals surface area contributed by atoms with E-state index in [1.54, 1.807) is 0 Å². The molecule has 0 saturated carbocycles. The van der Waals surface area contributed by atoms with Crippen LogP contribution in [0.4, 0.5) is 0 Å². The third-order valence-corrected chi connectivity index (χ3v) is 3.62. The van der Waals surface area contributed by atoms with Gasteiger partial charge in [0.1, 0.15) is 0 Å². The van der Waals surface area contributed by atoms with Gasteiger partial charge in [0.15, 0.2) is 0 Å². The second-order valence-electron chi connectivity index (χ2n) is 5.88. The first-order chi connectivity index (χ1) is 11.0. The zero-order valence-electron chi connectivity index (χ0n) is 15.5. The summed E-state index contributed by atoms with van der Waals surface area (Å²) in [6.07, 6.45) is 6.31. The van der Waals surface area contributed by atoms with Gasteiger partial charge in [0.25, 0.3) is 0 Å². The molecule has 0 fully saturated rings. The van der Waals surface area contributed by atoms with Gasteiger partial charge in [-0.3, -0.25) is 4.90 Å². The Hall–Kier alpha value is 0.686. The largest absolute Gasteiger partial charge is 1.00 e. The van der Waals surface area contributed by atoms with Crippen LogP contribution in [0.3, 0.4) is 0 Å². The summed E-state index contributed by atoms with van der Waals surface area (Å²) >= 11 is 0. The van der Waals surface area contributed by atoms with E-state index in [1.165, 1.54) is 0 Å². The van der Waals surface area contributed by atoms with Crippen LogP contribution in [0.2, 0.25) is 0 Å². The molecule has 0 spiro atoms. The molecule has 7 heteroatoms. The van der Waals surface area contributed by atoms with E-state index in [0.717, 1.165) is 19.3 Å². The molecule has 0 aliphatic carbocycles. The number of unbranched alkanes of at least 4 members (excludes halogenated alkanes) is 1. The molecule has 0 radical (unpaired) electrons. The van der Waals surface area contributed by atoms with Gasteiger partial charge >= 0.3 is 51.4 Å². The molecule has 6 nitrogen and oxygen atoms in total. The molecule has 24 heavy (non-hydrogen) atoms. The number of carbonyl (C=O) groups is 1. The molecule has 0 aromatic rings. The standard InChI is InChI=1S/C17H34N2O4.K/c1-3-5-7-15(20)13-18-10-12-19(11-9-17(22)23)14-16(21)8-6-4-2;/h4,6,15-16,18,20-21H,3,5,7-14H2,1-2H3,(H,22,23);/q;+1/p-1/b6-4+;. The summed E-state index contributed by atoms with van der Waals surface area (Å²) in [7, 11) is 0. The smallest absolute Gasteiger partial charge is 0.550 e. The minimum Gasteiger partial charge on any atom is -0.550 e. The fraction of sp³-hybridized carbons (Fsp3) is 0.824. The van der Waals surface area contributed by atoms with Gasteiger partial charge in [-0.05, 0) is 26.2 Å². The van der Waals surface area contributed by atoms with Crippen molar-refractivity contribution in [2.45, 2.75) is 58.2 Å². The number of aliphatic carboxylic acids is 1. The van der Waals surface area contributed by atoms with Crippen LogP contribution in [0.15, 0.2) is 12.2 Å². The third kappa shape index (κ3) is 17.5. The molecule has 0 heterocycles. The Kier molecular flexibility index (Phi) is 20.7. The van der Waals surface area contributed by atoms with Gasteiger partial charge in [0.2, 0.25) is 0 Å². The number of nitrogens with zero attached hydrogens (tertiary/aromatic N) is 1. The molecule has 0 aromatic heterocycles.